The first-order valence-electron chi connectivity index (χ1n) is 5.18. The molecule has 0 aliphatic heterocycles. The van der Waals surface area contributed by atoms with E-state index in [1.54, 1.807) is 0 Å². The Bertz CT molecular complexity index is 517. The van der Waals surface area contributed by atoms with Gasteiger partial charge in [0.2, 0.25) is 0 Å². The van der Waals surface area contributed by atoms with Crippen LogP contribution in [0.2, 0.25) is 5.15 Å². The van der Waals surface area contributed by atoms with Crippen molar-refractivity contribution in [3.8, 4) is 0 Å². The highest BCUT2D eigenvalue weighted by Gasteiger charge is 2.05. The van der Waals surface area contributed by atoms with E-state index in [2.05, 4.69) is 44.0 Å². The van der Waals surface area contributed by atoms with Crippen molar-refractivity contribution in [3.05, 3.63) is 40.0 Å². The molecule has 2 rings (SSSR count). The van der Waals surface area contributed by atoms with Crippen molar-refractivity contribution in [2.24, 2.45) is 0 Å². The van der Waals surface area contributed by atoms with Crippen molar-refractivity contribution in [3.63, 3.8) is 0 Å². The van der Waals surface area contributed by atoms with E-state index < -0.39 is 0 Å². The molecule has 1 aromatic heterocycles. The lowest BCUT2D eigenvalue weighted by atomic mass is 10.0. The van der Waals surface area contributed by atoms with Crippen molar-refractivity contribution in [2.45, 2.75) is 27.2 Å². The molecular weight excluding hydrogens is 206 g/mol. The minimum absolute atomic E-state index is 0.634. The third-order valence-electron chi connectivity index (χ3n) is 2.69. The zero-order valence-corrected chi connectivity index (χ0v) is 10.0. The minimum atomic E-state index is 0.634. The molecule has 1 nitrogen and oxygen atoms in total. The maximum Gasteiger partial charge on any atom is 0.132 e. The van der Waals surface area contributed by atoms with Crippen molar-refractivity contribution in [2.75, 3.05) is 0 Å². The number of hydrogen-bond acceptors (Lipinski definition) is 1. The van der Waals surface area contributed by atoms with Crippen LogP contribution < -0.4 is 0 Å². The molecule has 0 bridgehead atoms. The Hall–Kier alpha value is -1.08. The molecule has 0 atom stereocenters. The van der Waals surface area contributed by atoms with Gasteiger partial charge in [-0.3, -0.25) is 0 Å². The molecule has 2 aromatic rings. The highest BCUT2D eigenvalue weighted by atomic mass is 35.5. The zero-order valence-electron chi connectivity index (χ0n) is 9.26. The summed E-state index contributed by atoms with van der Waals surface area (Å²) in [6.07, 6.45) is 0.926. The molecule has 0 saturated heterocycles. The van der Waals surface area contributed by atoms with Gasteiger partial charge in [-0.15, -0.1) is 0 Å². The third kappa shape index (κ3) is 1.84. The van der Waals surface area contributed by atoms with Crippen LogP contribution in [-0.4, -0.2) is 4.98 Å². The molecule has 78 valence electrons. The topological polar surface area (TPSA) is 12.9 Å². The molecule has 0 radical (unpaired) electrons. The smallest absolute Gasteiger partial charge is 0.132 e. The molecule has 0 amide bonds. The highest BCUT2D eigenvalue weighted by Crippen LogP contribution is 2.24. The van der Waals surface area contributed by atoms with Gasteiger partial charge in [-0.1, -0.05) is 24.6 Å². The van der Waals surface area contributed by atoms with E-state index in [0.717, 1.165) is 17.5 Å². The second-order valence-corrected chi connectivity index (χ2v) is 4.30. The fourth-order valence-electron chi connectivity index (χ4n) is 1.90. The largest absolute Gasteiger partial charge is 0.236 e. The maximum absolute atomic E-state index is 6.10. The summed E-state index contributed by atoms with van der Waals surface area (Å²) in [5.41, 5.74) is 4.61. The van der Waals surface area contributed by atoms with E-state index in [9.17, 15) is 0 Å². The molecule has 0 aliphatic carbocycles. The fourth-order valence-corrected chi connectivity index (χ4v) is 2.18. The van der Waals surface area contributed by atoms with Crippen molar-refractivity contribution in [1.82, 2.24) is 4.98 Å². The van der Waals surface area contributed by atoms with Crippen molar-refractivity contribution < 1.29 is 0 Å². The van der Waals surface area contributed by atoms with E-state index >= 15 is 0 Å². The standard InChI is InChI=1S/C13H14ClN/c1-4-10-7-11-9(3)5-8(2)6-12(11)15-13(10)14/h5-7H,4H2,1-3H3. The van der Waals surface area contributed by atoms with Gasteiger partial charge in [0.1, 0.15) is 5.15 Å². The number of halogens is 1. The van der Waals surface area contributed by atoms with Crippen LogP contribution in [0.15, 0.2) is 18.2 Å². The molecule has 15 heavy (non-hydrogen) atoms. The molecule has 0 N–H and O–H groups in total. The van der Waals surface area contributed by atoms with Crippen LogP contribution in [-0.2, 0) is 6.42 Å². The Morgan fingerprint density at radius 3 is 2.60 bits per heavy atom. The van der Waals surface area contributed by atoms with E-state index in [0.29, 0.717) is 5.15 Å². The number of rotatable bonds is 1. The number of pyridine rings is 1. The Balaban J connectivity index is 2.81. The SMILES string of the molecule is CCc1cc2c(C)cc(C)cc2nc1Cl. The Morgan fingerprint density at radius 2 is 1.93 bits per heavy atom. The Kier molecular flexibility index (Phi) is 2.66. The van der Waals surface area contributed by atoms with Gasteiger partial charge in [0.25, 0.3) is 0 Å². The van der Waals surface area contributed by atoms with E-state index in [4.69, 9.17) is 11.6 Å². The predicted octanol–water partition coefficient (Wildman–Crippen LogP) is 4.07. The van der Waals surface area contributed by atoms with Crippen LogP contribution in [0, 0.1) is 13.8 Å². The number of aromatic nitrogens is 1. The van der Waals surface area contributed by atoms with E-state index in [-0.39, 0.29) is 0 Å². The fraction of sp³-hybridized carbons (Fsp3) is 0.308. The summed E-state index contributed by atoms with van der Waals surface area (Å²) in [5, 5.41) is 1.84. The Labute approximate surface area is 95.1 Å². The van der Waals surface area contributed by atoms with Gasteiger partial charge in [0, 0.05) is 5.39 Å². The van der Waals surface area contributed by atoms with Gasteiger partial charge in [-0.2, -0.15) is 0 Å². The van der Waals surface area contributed by atoms with Crippen LogP contribution in [0.1, 0.15) is 23.6 Å². The van der Waals surface area contributed by atoms with Crippen molar-refractivity contribution >= 4 is 22.5 Å². The van der Waals surface area contributed by atoms with E-state index in [1.165, 1.54) is 16.5 Å². The van der Waals surface area contributed by atoms with Crippen LogP contribution in [0.3, 0.4) is 0 Å². The predicted molar refractivity (Wildman–Crippen MR) is 65.6 cm³/mol. The first kappa shape index (κ1) is 10.4. The lowest BCUT2D eigenvalue weighted by Crippen LogP contribution is -1.91. The number of hydrogen-bond donors (Lipinski definition) is 0. The summed E-state index contributed by atoms with van der Waals surface area (Å²) < 4.78 is 0. The maximum atomic E-state index is 6.10. The number of benzene rings is 1. The minimum Gasteiger partial charge on any atom is -0.236 e. The molecule has 0 aliphatic rings. The van der Waals surface area contributed by atoms with Gasteiger partial charge in [-0.05, 0) is 49.1 Å². The van der Waals surface area contributed by atoms with Crippen molar-refractivity contribution in [1.29, 1.82) is 0 Å². The Morgan fingerprint density at radius 1 is 1.20 bits per heavy atom. The molecule has 1 aromatic carbocycles. The van der Waals surface area contributed by atoms with Crippen LogP contribution >= 0.6 is 11.6 Å². The quantitative estimate of drug-likeness (QED) is 0.659. The molecule has 0 unspecified atom stereocenters. The summed E-state index contributed by atoms with van der Waals surface area (Å²) in [5.74, 6) is 0. The lowest BCUT2D eigenvalue weighted by molar-refractivity contribution is 1.12. The van der Waals surface area contributed by atoms with Gasteiger partial charge in [-0.25, -0.2) is 4.98 Å². The van der Waals surface area contributed by atoms with Gasteiger partial charge < -0.3 is 0 Å². The van der Waals surface area contributed by atoms with E-state index in [1.807, 2.05) is 0 Å². The molecule has 0 fully saturated rings. The van der Waals surface area contributed by atoms with Crippen LogP contribution in [0.25, 0.3) is 10.9 Å². The third-order valence-corrected chi connectivity index (χ3v) is 3.02. The van der Waals surface area contributed by atoms with Crippen LogP contribution in [0.4, 0.5) is 0 Å². The highest BCUT2D eigenvalue weighted by molar-refractivity contribution is 6.30. The first-order chi connectivity index (χ1) is 7.11. The van der Waals surface area contributed by atoms with Gasteiger partial charge in [0.05, 0.1) is 5.52 Å². The average Bonchev–Trinajstić information content (AvgIpc) is 2.16. The monoisotopic (exact) mass is 219 g/mol. The molecule has 1 heterocycles. The summed E-state index contributed by atoms with van der Waals surface area (Å²) in [7, 11) is 0. The van der Waals surface area contributed by atoms with Gasteiger partial charge >= 0.3 is 0 Å². The summed E-state index contributed by atoms with van der Waals surface area (Å²) in [6, 6.07) is 6.41. The molecular formula is C13H14ClN. The summed E-state index contributed by atoms with van der Waals surface area (Å²) >= 11 is 6.10. The number of nitrogens with zero attached hydrogens (tertiary/aromatic N) is 1. The lowest BCUT2D eigenvalue weighted by Gasteiger charge is -2.07. The first-order valence-corrected chi connectivity index (χ1v) is 5.56. The number of fused-ring (bicyclic) bond motifs is 1. The second-order valence-electron chi connectivity index (χ2n) is 3.94. The number of aryl methyl sites for hydroxylation is 3. The second kappa shape index (κ2) is 3.82. The molecule has 0 spiro atoms. The zero-order chi connectivity index (χ0) is 11.0. The molecule has 2 heteroatoms. The molecule has 0 saturated carbocycles. The van der Waals surface area contributed by atoms with Gasteiger partial charge in [0.15, 0.2) is 0 Å². The average molecular weight is 220 g/mol. The summed E-state index contributed by atoms with van der Waals surface area (Å²) in [6.45, 7) is 6.29. The van der Waals surface area contributed by atoms with Crippen LogP contribution in [0.5, 0.6) is 0 Å². The summed E-state index contributed by atoms with van der Waals surface area (Å²) in [4.78, 5) is 4.43. The normalized spacial score (nSPS) is 10.9.